The average molecular weight is 504 g/mol. The minimum Gasteiger partial charge on any atom is -0.463 e. The molecule has 2 aromatic carbocycles. The summed E-state index contributed by atoms with van der Waals surface area (Å²) in [6, 6.07) is 6.18. The van der Waals surface area contributed by atoms with Crippen molar-refractivity contribution < 1.29 is 18.3 Å². The van der Waals surface area contributed by atoms with E-state index in [1.807, 2.05) is 23.9 Å². The number of anilines is 1. The molecule has 0 atom stereocenters. The maximum absolute atomic E-state index is 16.0. The van der Waals surface area contributed by atoms with Gasteiger partial charge in [-0.15, -0.1) is 0 Å². The van der Waals surface area contributed by atoms with Gasteiger partial charge in [0.2, 0.25) is 6.41 Å². The largest absolute Gasteiger partial charge is 0.463 e. The highest BCUT2D eigenvalue weighted by Gasteiger charge is 2.26. The molecule has 1 aromatic heterocycles. The number of carbonyl (C=O) groups is 1. The summed E-state index contributed by atoms with van der Waals surface area (Å²) in [4.78, 5) is 25.8. The molecule has 1 saturated heterocycles. The smallest absolute Gasteiger partial charge is 0.319 e. The Morgan fingerprint density at radius 1 is 1.14 bits per heavy atom. The molecule has 2 heterocycles. The minimum atomic E-state index is -0.728. The zero-order valence-corrected chi connectivity index (χ0v) is 20.8. The van der Waals surface area contributed by atoms with Crippen molar-refractivity contribution in [1.82, 2.24) is 19.8 Å². The molecule has 0 unspecified atom stereocenters. The molecule has 0 radical (unpaired) electrons. The van der Waals surface area contributed by atoms with Gasteiger partial charge in [-0.25, -0.2) is 8.78 Å². The molecule has 4 rings (SSSR count). The third kappa shape index (κ3) is 5.31. The minimum absolute atomic E-state index is 0.0116. The molecule has 0 spiro atoms. The fourth-order valence-corrected chi connectivity index (χ4v) is 4.51. The second kappa shape index (κ2) is 10.7. The summed E-state index contributed by atoms with van der Waals surface area (Å²) in [6.07, 6.45) is 1.55. The van der Waals surface area contributed by atoms with Crippen LogP contribution in [0.2, 0.25) is 5.02 Å². The Labute approximate surface area is 208 Å². The van der Waals surface area contributed by atoms with E-state index in [-0.39, 0.29) is 27.7 Å². The summed E-state index contributed by atoms with van der Waals surface area (Å²) in [6.45, 7) is 4.92. The first kappa shape index (κ1) is 25.1. The number of hydrogen-bond acceptors (Lipinski definition) is 6. The van der Waals surface area contributed by atoms with Crippen LogP contribution in [-0.4, -0.2) is 79.6 Å². The van der Waals surface area contributed by atoms with Gasteiger partial charge in [-0.1, -0.05) is 23.7 Å². The number of carbonyl (C=O) groups excluding carboxylic acids is 1. The van der Waals surface area contributed by atoms with E-state index in [1.54, 1.807) is 30.0 Å². The van der Waals surface area contributed by atoms with Crippen LogP contribution in [-0.2, 0) is 4.79 Å². The van der Waals surface area contributed by atoms with Crippen LogP contribution in [0, 0.1) is 18.6 Å². The number of ether oxygens (including phenoxy) is 1. The van der Waals surface area contributed by atoms with Crippen LogP contribution < -0.4 is 9.64 Å². The summed E-state index contributed by atoms with van der Waals surface area (Å²) in [5.74, 6) is -0.820. The van der Waals surface area contributed by atoms with Gasteiger partial charge in [0.05, 0.1) is 11.6 Å². The van der Waals surface area contributed by atoms with E-state index in [2.05, 4.69) is 9.97 Å². The molecule has 0 N–H and O–H groups in total. The number of hydrogen-bond donors (Lipinski definition) is 0. The molecule has 7 nitrogen and oxygen atoms in total. The fourth-order valence-electron chi connectivity index (χ4n) is 4.23. The van der Waals surface area contributed by atoms with Gasteiger partial charge in [0.25, 0.3) is 0 Å². The van der Waals surface area contributed by atoms with Crippen LogP contribution in [0.4, 0.5) is 14.6 Å². The molecule has 0 aliphatic carbocycles. The molecule has 35 heavy (non-hydrogen) atoms. The van der Waals surface area contributed by atoms with Crippen LogP contribution in [0.25, 0.3) is 22.0 Å². The van der Waals surface area contributed by atoms with E-state index in [0.29, 0.717) is 49.6 Å². The van der Waals surface area contributed by atoms with Crippen molar-refractivity contribution in [3.05, 3.63) is 46.5 Å². The van der Waals surface area contributed by atoms with Gasteiger partial charge >= 0.3 is 6.01 Å². The molecule has 3 aromatic rings. The van der Waals surface area contributed by atoms with Crippen molar-refractivity contribution in [2.45, 2.75) is 13.3 Å². The number of nitrogens with zero attached hydrogens (tertiary/aromatic N) is 5. The van der Waals surface area contributed by atoms with E-state index < -0.39 is 11.6 Å². The zero-order chi connectivity index (χ0) is 25.1. The SMILES string of the molecule is Cc1cccc(F)c1-c1c(Cl)cc2c(N3CCN(C=O)CC3)nc(OCCCN(C)C)nc2c1F. The number of rotatable bonds is 8. The molecule has 0 saturated carbocycles. The second-order valence-corrected chi connectivity index (χ2v) is 9.25. The Hall–Kier alpha value is -3.04. The van der Waals surface area contributed by atoms with Crippen LogP contribution in [0.1, 0.15) is 12.0 Å². The second-order valence-electron chi connectivity index (χ2n) is 8.84. The van der Waals surface area contributed by atoms with E-state index in [9.17, 15) is 9.18 Å². The highest BCUT2D eigenvalue weighted by Crippen LogP contribution is 2.40. The van der Waals surface area contributed by atoms with Gasteiger partial charge in [-0.2, -0.15) is 9.97 Å². The topological polar surface area (TPSA) is 61.8 Å². The Bertz CT molecular complexity index is 1210. The predicted octanol–water partition coefficient (Wildman–Crippen LogP) is 4.15. The molecule has 1 aliphatic rings. The number of aromatic nitrogens is 2. The standard InChI is InChI=1S/C25H28ClF2N5O2/c1-16-6-4-7-19(27)20(16)21-18(26)14-17-23(22(21)28)29-25(35-13-5-8-31(2)3)30-24(17)33-11-9-32(15-34)10-12-33/h4,6-7,14-15H,5,8-13H2,1-3H3. The quantitative estimate of drug-likeness (QED) is 0.340. The summed E-state index contributed by atoms with van der Waals surface area (Å²) in [7, 11) is 3.93. The third-order valence-electron chi connectivity index (χ3n) is 6.06. The van der Waals surface area contributed by atoms with E-state index in [1.165, 1.54) is 6.07 Å². The van der Waals surface area contributed by atoms with Gasteiger partial charge in [-0.3, -0.25) is 4.79 Å². The molecule has 1 fully saturated rings. The number of piperazine rings is 1. The molecular formula is C25H28ClF2N5O2. The first-order valence-electron chi connectivity index (χ1n) is 11.5. The number of halogens is 3. The summed E-state index contributed by atoms with van der Waals surface area (Å²) < 4.78 is 36.6. The van der Waals surface area contributed by atoms with Crippen molar-refractivity contribution in [2.75, 3.05) is 58.3 Å². The first-order chi connectivity index (χ1) is 16.8. The maximum atomic E-state index is 16.0. The lowest BCUT2D eigenvalue weighted by molar-refractivity contribution is -0.118. The number of benzene rings is 2. The van der Waals surface area contributed by atoms with Crippen LogP contribution in [0.3, 0.4) is 0 Å². The normalized spacial score (nSPS) is 14.1. The highest BCUT2D eigenvalue weighted by molar-refractivity contribution is 6.34. The van der Waals surface area contributed by atoms with Gasteiger partial charge in [0, 0.05) is 49.2 Å². The van der Waals surface area contributed by atoms with Gasteiger partial charge in [0.15, 0.2) is 5.82 Å². The Morgan fingerprint density at radius 3 is 2.54 bits per heavy atom. The van der Waals surface area contributed by atoms with E-state index in [4.69, 9.17) is 16.3 Å². The molecule has 10 heteroatoms. The molecular weight excluding hydrogens is 476 g/mol. The van der Waals surface area contributed by atoms with Crippen molar-refractivity contribution in [3.63, 3.8) is 0 Å². The van der Waals surface area contributed by atoms with E-state index in [0.717, 1.165) is 19.4 Å². The summed E-state index contributed by atoms with van der Waals surface area (Å²) in [5, 5.41) is 0.477. The van der Waals surface area contributed by atoms with Gasteiger partial charge < -0.3 is 19.4 Å². The average Bonchev–Trinajstić information content (AvgIpc) is 2.83. The monoisotopic (exact) mass is 503 g/mol. The van der Waals surface area contributed by atoms with Gasteiger partial charge in [0.1, 0.15) is 17.2 Å². The van der Waals surface area contributed by atoms with E-state index >= 15 is 4.39 Å². The first-order valence-corrected chi connectivity index (χ1v) is 11.8. The number of amides is 1. The zero-order valence-electron chi connectivity index (χ0n) is 20.0. The van der Waals surface area contributed by atoms with Crippen molar-refractivity contribution >= 4 is 34.7 Å². The molecule has 0 bridgehead atoms. The number of fused-ring (bicyclic) bond motifs is 1. The van der Waals surface area contributed by atoms with Crippen molar-refractivity contribution in [2.24, 2.45) is 0 Å². The highest BCUT2D eigenvalue weighted by atomic mass is 35.5. The number of aryl methyl sites for hydroxylation is 1. The molecule has 186 valence electrons. The fraction of sp³-hybridized carbons (Fsp3) is 0.400. The molecule has 1 amide bonds. The molecule has 1 aliphatic heterocycles. The lowest BCUT2D eigenvalue weighted by Crippen LogP contribution is -2.46. The Morgan fingerprint density at radius 2 is 1.89 bits per heavy atom. The lowest BCUT2D eigenvalue weighted by atomic mass is 9.97. The van der Waals surface area contributed by atoms with Crippen LogP contribution >= 0.6 is 11.6 Å². The lowest BCUT2D eigenvalue weighted by Gasteiger charge is -2.34. The predicted molar refractivity (Wildman–Crippen MR) is 133 cm³/mol. The summed E-state index contributed by atoms with van der Waals surface area (Å²) >= 11 is 6.54. The van der Waals surface area contributed by atoms with Crippen molar-refractivity contribution in [1.29, 1.82) is 0 Å². The Kier molecular flexibility index (Phi) is 7.66. The van der Waals surface area contributed by atoms with Gasteiger partial charge in [-0.05, 0) is 45.1 Å². The van der Waals surface area contributed by atoms with Crippen LogP contribution in [0.5, 0.6) is 6.01 Å². The van der Waals surface area contributed by atoms with Crippen molar-refractivity contribution in [3.8, 4) is 17.1 Å². The third-order valence-corrected chi connectivity index (χ3v) is 6.36. The van der Waals surface area contributed by atoms with Crippen LogP contribution in [0.15, 0.2) is 24.3 Å². The maximum Gasteiger partial charge on any atom is 0.319 e. The summed E-state index contributed by atoms with van der Waals surface area (Å²) in [5.41, 5.74) is 0.635. The Balaban J connectivity index is 1.83.